The molecule has 0 aromatic heterocycles. The fraction of sp³-hybridized carbons (Fsp3) is 0.857. The molecule has 0 aliphatic rings. The van der Waals surface area contributed by atoms with E-state index >= 15 is 0 Å². The molecule has 1 N–H and O–H groups in total. The van der Waals surface area contributed by atoms with Crippen molar-refractivity contribution in [2.45, 2.75) is 19.8 Å². The minimum absolute atomic E-state index is 0.0831. The summed E-state index contributed by atoms with van der Waals surface area (Å²) in [6.07, 6.45) is 1.38. The zero-order valence-corrected chi connectivity index (χ0v) is 6.64. The molecule has 0 unspecified atom stereocenters. The van der Waals surface area contributed by atoms with Gasteiger partial charge in [0.05, 0.1) is 0 Å². The summed E-state index contributed by atoms with van der Waals surface area (Å²) < 4.78 is 5.05. The molecule has 0 fully saturated rings. The zero-order chi connectivity index (χ0) is 7.82. The summed E-state index contributed by atoms with van der Waals surface area (Å²) in [5, 5.41) is 2.55. The first-order valence-corrected chi connectivity index (χ1v) is 3.59. The number of amides is 1. The second-order valence-electron chi connectivity index (χ2n) is 1.97. The second-order valence-corrected chi connectivity index (χ2v) is 1.97. The van der Waals surface area contributed by atoms with E-state index in [9.17, 15) is 4.79 Å². The van der Waals surface area contributed by atoms with Gasteiger partial charge in [0.2, 0.25) is 5.91 Å². The maximum absolute atomic E-state index is 10.6. The molecule has 0 heterocycles. The molecule has 0 aromatic rings. The molecule has 0 spiro atoms. The highest BCUT2D eigenvalue weighted by molar-refractivity contribution is 5.75. The van der Waals surface area contributed by atoms with Gasteiger partial charge in [0.1, 0.15) is 0 Å². The number of carbonyl (C=O) groups excluding carboxylic acids is 1. The van der Waals surface area contributed by atoms with Crippen LogP contribution in [0.15, 0.2) is 0 Å². The van der Waals surface area contributed by atoms with Gasteiger partial charge in [-0.05, 0) is 13.3 Å². The average Bonchev–Trinajstić information content (AvgIpc) is 1.98. The molecule has 0 saturated heterocycles. The molecule has 0 aliphatic heterocycles. The smallest absolute Gasteiger partial charge is 0.219 e. The van der Waals surface area contributed by atoms with E-state index in [1.807, 2.05) is 6.92 Å². The SMILES string of the molecule is CCOCCCC(=O)NC. The molecule has 3 heteroatoms. The predicted octanol–water partition coefficient (Wildman–Crippen LogP) is 0.549. The van der Waals surface area contributed by atoms with Gasteiger partial charge in [-0.25, -0.2) is 0 Å². The topological polar surface area (TPSA) is 38.3 Å². The lowest BCUT2D eigenvalue weighted by atomic mass is 10.3. The molecule has 0 rings (SSSR count). The Balaban J connectivity index is 2.96. The van der Waals surface area contributed by atoms with E-state index in [4.69, 9.17) is 4.74 Å². The van der Waals surface area contributed by atoms with E-state index in [0.29, 0.717) is 13.0 Å². The van der Waals surface area contributed by atoms with Crippen molar-refractivity contribution < 1.29 is 9.53 Å². The van der Waals surface area contributed by atoms with Crippen LogP contribution >= 0.6 is 0 Å². The van der Waals surface area contributed by atoms with Crippen LogP contribution in [-0.4, -0.2) is 26.2 Å². The van der Waals surface area contributed by atoms with Gasteiger partial charge in [-0.2, -0.15) is 0 Å². The fourth-order valence-corrected chi connectivity index (χ4v) is 0.604. The lowest BCUT2D eigenvalue weighted by molar-refractivity contribution is -0.120. The van der Waals surface area contributed by atoms with Gasteiger partial charge in [-0.15, -0.1) is 0 Å². The molecular formula is C7H15NO2. The Bertz CT molecular complexity index is 93.6. The molecule has 1 amide bonds. The molecule has 10 heavy (non-hydrogen) atoms. The molecule has 0 radical (unpaired) electrons. The Kier molecular flexibility index (Phi) is 6.18. The number of hydrogen-bond acceptors (Lipinski definition) is 2. The third-order valence-corrected chi connectivity index (χ3v) is 1.18. The van der Waals surface area contributed by atoms with Gasteiger partial charge in [-0.3, -0.25) is 4.79 Å². The fourth-order valence-electron chi connectivity index (χ4n) is 0.604. The number of rotatable bonds is 5. The average molecular weight is 145 g/mol. The lowest BCUT2D eigenvalue weighted by Gasteiger charge is -1.99. The van der Waals surface area contributed by atoms with E-state index < -0.39 is 0 Å². The molecule has 60 valence electrons. The van der Waals surface area contributed by atoms with Gasteiger partial charge in [0.25, 0.3) is 0 Å². The first kappa shape index (κ1) is 9.43. The number of hydrogen-bond donors (Lipinski definition) is 1. The van der Waals surface area contributed by atoms with Crippen molar-refractivity contribution in [3.05, 3.63) is 0 Å². The van der Waals surface area contributed by atoms with Crippen molar-refractivity contribution in [3.63, 3.8) is 0 Å². The molecule has 0 aromatic carbocycles. The summed E-state index contributed by atoms with van der Waals surface area (Å²) in [5.41, 5.74) is 0. The summed E-state index contributed by atoms with van der Waals surface area (Å²) in [4.78, 5) is 10.6. The van der Waals surface area contributed by atoms with Crippen LogP contribution in [0.1, 0.15) is 19.8 Å². The Morgan fingerprint density at radius 2 is 2.30 bits per heavy atom. The van der Waals surface area contributed by atoms with Crippen LogP contribution in [0.25, 0.3) is 0 Å². The normalized spacial score (nSPS) is 9.40. The summed E-state index contributed by atoms with van der Waals surface area (Å²) in [7, 11) is 1.64. The maximum atomic E-state index is 10.6. The first-order chi connectivity index (χ1) is 4.81. The molecule has 0 bridgehead atoms. The van der Waals surface area contributed by atoms with Crippen LogP contribution in [0, 0.1) is 0 Å². The highest BCUT2D eigenvalue weighted by Gasteiger charge is 1.95. The van der Waals surface area contributed by atoms with Gasteiger partial charge < -0.3 is 10.1 Å². The van der Waals surface area contributed by atoms with Crippen molar-refractivity contribution in [3.8, 4) is 0 Å². The van der Waals surface area contributed by atoms with Crippen LogP contribution in [0.3, 0.4) is 0 Å². The third-order valence-electron chi connectivity index (χ3n) is 1.18. The van der Waals surface area contributed by atoms with Crippen molar-refractivity contribution in [2.24, 2.45) is 0 Å². The summed E-state index contributed by atoms with van der Waals surface area (Å²) >= 11 is 0. The van der Waals surface area contributed by atoms with Gasteiger partial charge in [-0.1, -0.05) is 0 Å². The monoisotopic (exact) mass is 145 g/mol. The first-order valence-electron chi connectivity index (χ1n) is 3.59. The van der Waals surface area contributed by atoms with Crippen molar-refractivity contribution >= 4 is 5.91 Å². The summed E-state index contributed by atoms with van der Waals surface area (Å²) in [6, 6.07) is 0. The molecule has 0 atom stereocenters. The van der Waals surface area contributed by atoms with Crippen LogP contribution < -0.4 is 5.32 Å². The van der Waals surface area contributed by atoms with Crippen molar-refractivity contribution in [1.82, 2.24) is 5.32 Å². The maximum Gasteiger partial charge on any atom is 0.219 e. The van der Waals surface area contributed by atoms with Crippen molar-refractivity contribution in [1.29, 1.82) is 0 Å². The number of nitrogens with one attached hydrogen (secondary N) is 1. The molecule has 3 nitrogen and oxygen atoms in total. The van der Waals surface area contributed by atoms with E-state index in [1.54, 1.807) is 7.05 Å². The Labute approximate surface area is 61.8 Å². The van der Waals surface area contributed by atoms with Crippen LogP contribution in [0.2, 0.25) is 0 Å². The zero-order valence-electron chi connectivity index (χ0n) is 6.64. The molecule has 0 saturated carbocycles. The van der Waals surface area contributed by atoms with E-state index in [-0.39, 0.29) is 5.91 Å². The standard InChI is InChI=1S/C7H15NO2/c1-3-10-6-4-5-7(9)8-2/h3-6H2,1-2H3,(H,8,9). The summed E-state index contributed by atoms with van der Waals surface area (Å²) in [5.74, 6) is 0.0831. The van der Waals surface area contributed by atoms with E-state index in [1.165, 1.54) is 0 Å². The van der Waals surface area contributed by atoms with Gasteiger partial charge >= 0.3 is 0 Å². The van der Waals surface area contributed by atoms with E-state index in [2.05, 4.69) is 5.32 Å². The molecular weight excluding hydrogens is 130 g/mol. The minimum Gasteiger partial charge on any atom is -0.382 e. The predicted molar refractivity (Wildman–Crippen MR) is 39.8 cm³/mol. The summed E-state index contributed by atoms with van der Waals surface area (Å²) in [6.45, 7) is 3.36. The number of carbonyl (C=O) groups is 1. The third kappa shape index (κ3) is 5.56. The molecule has 0 aliphatic carbocycles. The highest BCUT2D eigenvalue weighted by atomic mass is 16.5. The Morgan fingerprint density at radius 3 is 2.80 bits per heavy atom. The van der Waals surface area contributed by atoms with Gasteiger partial charge in [0, 0.05) is 26.7 Å². The Morgan fingerprint density at radius 1 is 1.60 bits per heavy atom. The lowest BCUT2D eigenvalue weighted by Crippen LogP contribution is -2.17. The van der Waals surface area contributed by atoms with Crippen molar-refractivity contribution in [2.75, 3.05) is 20.3 Å². The highest BCUT2D eigenvalue weighted by Crippen LogP contribution is 1.88. The quantitative estimate of drug-likeness (QED) is 0.574. The van der Waals surface area contributed by atoms with E-state index in [0.717, 1.165) is 13.0 Å². The van der Waals surface area contributed by atoms with Crippen LogP contribution in [0.5, 0.6) is 0 Å². The Hall–Kier alpha value is -0.570. The van der Waals surface area contributed by atoms with Gasteiger partial charge in [0.15, 0.2) is 0 Å². The minimum atomic E-state index is 0.0831. The second kappa shape index (κ2) is 6.55. The largest absolute Gasteiger partial charge is 0.382 e. The van der Waals surface area contributed by atoms with Crippen LogP contribution in [-0.2, 0) is 9.53 Å². The number of ether oxygens (including phenoxy) is 1. The van der Waals surface area contributed by atoms with Crippen LogP contribution in [0.4, 0.5) is 0 Å².